The van der Waals surface area contributed by atoms with E-state index in [1.165, 1.54) is 41.4 Å². The van der Waals surface area contributed by atoms with E-state index < -0.39 is 0 Å². The molecule has 1 aromatic carbocycles. The molecule has 0 bridgehead atoms. The summed E-state index contributed by atoms with van der Waals surface area (Å²) in [7, 11) is 1.40. The Balaban J connectivity index is 1.51. The first-order valence-electron chi connectivity index (χ1n) is 10.2. The molecule has 3 aromatic heterocycles. The zero-order valence-electron chi connectivity index (χ0n) is 17.3. The lowest BCUT2D eigenvalue weighted by molar-refractivity contribution is -0.147. The predicted molar refractivity (Wildman–Crippen MR) is 115 cm³/mol. The highest BCUT2D eigenvalue weighted by molar-refractivity contribution is 7.17. The Morgan fingerprint density at radius 3 is 2.66 bits per heavy atom. The number of methoxy groups -OCH3 is 1. The maximum atomic E-state index is 13.6. The van der Waals surface area contributed by atoms with E-state index in [1.54, 1.807) is 24.3 Å². The predicted octanol–water partition coefficient (Wildman–Crippen LogP) is 3.87. The van der Waals surface area contributed by atoms with Crippen LogP contribution in [0.4, 0.5) is 4.39 Å². The Labute approximate surface area is 186 Å². The Bertz CT molecular complexity index is 1230. The average Bonchev–Trinajstić information content (AvgIpc) is 3.54. The second-order valence-electron chi connectivity index (χ2n) is 7.68. The molecule has 1 fully saturated rings. The molecule has 1 aliphatic heterocycles. The number of fused-ring (bicyclic) bond motifs is 1. The number of hydrogen-bond acceptors (Lipinski definition) is 8. The highest BCUT2D eigenvalue weighted by Gasteiger charge is 2.34. The standard InChI is InChI=1S/C22H21FN4O4S/c1-30-21(29)14-8-10-26(11-9-14)17(13-4-6-15(23)7-5-13)18-20(28)27-22(32-18)24-19(25-27)16-3-2-12-31-16/h2-7,12,14,17,28H,8-11H2,1H3/t17-/m1/s1. The van der Waals surface area contributed by atoms with Gasteiger partial charge in [-0.1, -0.05) is 23.5 Å². The van der Waals surface area contributed by atoms with Gasteiger partial charge in [0.1, 0.15) is 5.82 Å². The number of carbonyl (C=O) groups is 1. The fourth-order valence-corrected chi connectivity index (χ4v) is 5.29. The number of halogens is 1. The number of carbonyl (C=O) groups excluding carboxylic acids is 1. The summed E-state index contributed by atoms with van der Waals surface area (Å²) in [5.41, 5.74) is 0.842. The molecule has 5 rings (SSSR count). The van der Waals surface area contributed by atoms with E-state index >= 15 is 0 Å². The van der Waals surface area contributed by atoms with Crippen molar-refractivity contribution in [3.05, 3.63) is 58.9 Å². The van der Waals surface area contributed by atoms with Gasteiger partial charge in [0.15, 0.2) is 5.76 Å². The fourth-order valence-electron chi connectivity index (χ4n) is 4.17. The van der Waals surface area contributed by atoms with Crippen LogP contribution < -0.4 is 0 Å². The summed E-state index contributed by atoms with van der Waals surface area (Å²) < 4.78 is 25.3. The summed E-state index contributed by atoms with van der Waals surface area (Å²) in [6.45, 7) is 1.26. The summed E-state index contributed by atoms with van der Waals surface area (Å²) in [6.07, 6.45) is 2.83. The molecule has 1 aliphatic rings. The Morgan fingerprint density at radius 1 is 1.28 bits per heavy atom. The van der Waals surface area contributed by atoms with Gasteiger partial charge in [-0.2, -0.15) is 9.50 Å². The van der Waals surface area contributed by atoms with E-state index in [2.05, 4.69) is 15.0 Å². The number of nitrogens with zero attached hydrogens (tertiary/aromatic N) is 4. The normalized spacial score (nSPS) is 16.4. The number of piperidine rings is 1. The Kier molecular flexibility index (Phi) is 5.40. The van der Waals surface area contributed by atoms with Crippen LogP contribution in [0.3, 0.4) is 0 Å². The number of hydrogen-bond donors (Lipinski definition) is 1. The minimum atomic E-state index is -0.327. The van der Waals surface area contributed by atoms with Gasteiger partial charge in [0.25, 0.3) is 0 Å². The van der Waals surface area contributed by atoms with Gasteiger partial charge in [0.2, 0.25) is 16.7 Å². The highest BCUT2D eigenvalue weighted by Crippen LogP contribution is 2.41. The third-order valence-corrected chi connectivity index (χ3v) is 6.88. The van der Waals surface area contributed by atoms with Crippen LogP contribution in [0.5, 0.6) is 5.88 Å². The molecule has 0 aliphatic carbocycles. The van der Waals surface area contributed by atoms with Crippen molar-refractivity contribution in [2.75, 3.05) is 20.2 Å². The molecular weight excluding hydrogens is 435 g/mol. The van der Waals surface area contributed by atoms with E-state index in [1.807, 2.05) is 0 Å². The number of thiazole rings is 1. The van der Waals surface area contributed by atoms with Crippen molar-refractivity contribution in [2.24, 2.45) is 5.92 Å². The third-order valence-electron chi connectivity index (χ3n) is 5.80. The second-order valence-corrected chi connectivity index (χ2v) is 8.69. The van der Waals surface area contributed by atoms with Crippen LogP contribution in [-0.4, -0.2) is 50.8 Å². The Morgan fingerprint density at radius 2 is 2.03 bits per heavy atom. The maximum absolute atomic E-state index is 13.6. The molecule has 0 spiro atoms. The SMILES string of the molecule is COC(=O)C1CCN([C@H](c2ccc(F)cc2)c2sc3nc(-c4ccco4)nn3c2O)CC1. The number of furan rings is 1. The number of ether oxygens (including phenoxy) is 1. The average molecular weight is 456 g/mol. The van der Waals surface area contributed by atoms with Gasteiger partial charge >= 0.3 is 5.97 Å². The summed E-state index contributed by atoms with van der Waals surface area (Å²) in [5.74, 6) is 0.223. The van der Waals surface area contributed by atoms with Gasteiger partial charge < -0.3 is 14.3 Å². The van der Waals surface area contributed by atoms with Crippen molar-refractivity contribution in [3.63, 3.8) is 0 Å². The van der Waals surface area contributed by atoms with E-state index in [0.717, 1.165) is 5.56 Å². The summed E-state index contributed by atoms with van der Waals surface area (Å²) in [5, 5.41) is 15.5. The van der Waals surface area contributed by atoms with Crippen LogP contribution >= 0.6 is 11.3 Å². The topological polar surface area (TPSA) is 93.1 Å². The second kappa shape index (κ2) is 8.36. The minimum Gasteiger partial charge on any atom is -0.492 e. The molecule has 0 radical (unpaired) electrons. The molecule has 8 nitrogen and oxygen atoms in total. The van der Waals surface area contributed by atoms with Crippen LogP contribution in [-0.2, 0) is 9.53 Å². The first-order chi connectivity index (χ1) is 15.5. The molecule has 1 saturated heterocycles. The molecule has 0 amide bonds. The van der Waals surface area contributed by atoms with E-state index in [4.69, 9.17) is 9.15 Å². The molecule has 1 N–H and O–H groups in total. The number of benzene rings is 1. The molecule has 1 atom stereocenters. The minimum absolute atomic E-state index is 0.0141. The van der Waals surface area contributed by atoms with Crippen molar-refractivity contribution in [3.8, 4) is 17.5 Å². The van der Waals surface area contributed by atoms with E-state index in [-0.39, 0.29) is 29.6 Å². The van der Waals surface area contributed by atoms with Crippen LogP contribution in [0.25, 0.3) is 16.5 Å². The van der Waals surface area contributed by atoms with Crippen molar-refractivity contribution in [1.29, 1.82) is 0 Å². The molecule has 4 aromatic rings. The molecular formula is C22H21FN4O4S. The van der Waals surface area contributed by atoms with E-state index in [9.17, 15) is 14.3 Å². The number of rotatable bonds is 5. The number of aromatic hydroxyl groups is 1. The van der Waals surface area contributed by atoms with Crippen molar-refractivity contribution < 1.29 is 23.4 Å². The van der Waals surface area contributed by atoms with Crippen molar-refractivity contribution in [1.82, 2.24) is 19.5 Å². The summed E-state index contributed by atoms with van der Waals surface area (Å²) in [4.78, 5) is 19.8. The quantitative estimate of drug-likeness (QED) is 0.456. The van der Waals surface area contributed by atoms with Gasteiger partial charge in [-0.05, 0) is 55.8 Å². The lowest BCUT2D eigenvalue weighted by Gasteiger charge is -2.36. The van der Waals surface area contributed by atoms with Gasteiger partial charge in [-0.15, -0.1) is 5.10 Å². The zero-order valence-corrected chi connectivity index (χ0v) is 18.1. The molecule has 4 heterocycles. The monoisotopic (exact) mass is 456 g/mol. The number of likely N-dealkylation sites (tertiary alicyclic amines) is 1. The number of aromatic nitrogens is 3. The maximum Gasteiger partial charge on any atom is 0.308 e. The van der Waals surface area contributed by atoms with Crippen molar-refractivity contribution in [2.45, 2.75) is 18.9 Å². The number of esters is 1. The van der Waals surface area contributed by atoms with Crippen molar-refractivity contribution >= 4 is 22.3 Å². The smallest absolute Gasteiger partial charge is 0.308 e. The highest BCUT2D eigenvalue weighted by atomic mass is 32.1. The van der Waals surface area contributed by atoms with Crippen LogP contribution in [0.15, 0.2) is 47.1 Å². The summed E-state index contributed by atoms with van der Waals surface area (Å²) in [6, 6.07) is 9.43. The lowest BCUT2D eigenvalue weighted by atomic mass is 9.93. The van der Waals surface area contributed by atoms with Gasteiger partial charge in [0, 0.05) is 0 Å². The van der Waals surface area contributed by atoms with Crippen LogP contribution in [0.1, 0.15) is 29.3 Å². The van der Waals surface area contributed by atoms with Gasteiger partial charge in [-0.3, -0.25) is 9.69 Å². The largest absolute Gasteiger partial charge is 0.492 e. The molecule has 10 heteroatoms. The zero-order chi connectivity index (χ0) is 22.2. The molecule has 166 valence electrons. The lowest BCUT2D eigenvalue weighted by Crippen LogP contribution is -2.39. The van der Waals surface area contributed by atoms with E-state index in [0.29, 0.717) is 47.4 Å². The first kappa shape index (κ1) is 20.7. The Hall–Kier alpha value is -3.24. The molecule has 0 saturated carbocycles. The first-order valence-corrected chi connectivity index (χ1v) is 11.1. The molecule has 0 unspecified atom stereocenters. The third kappa shape index (κ3) is 3.65. The summed E-state index contributed by atoms with van der Waals surface area (Å²) >= 11 is 1.33. The van der Waals surface area contributed by atoms with Crippen LogP contribution in [0, 0.1) is 11.7 Å². The fraction of sp³-hybridized carbons (Fsp3) is 0.318. The van der Waals surface area contributed by atoms with Crippen LogP contribution in [0.2, 0.25) is 0 Å². The van der Waals surface area contributed by atoms with Gasteiger partial charge in [-0.25, -0.2) is 4.39 Å². The van der Waals surface area contributed by atoms with Gasteiger partial charge in [0.05, 0.1) is 30.2 Å². The molecule has 32 heavy (non-hydrogen) atoms.